The zero-order chi connectivity index (χ0) is 18.1. The number of nitrogens with zero attached hydrogens (tertiary/aromatic N) is 2. The van der Waals surface area contributed by atoms with Gasteiger partial charge >= 0.3 is 0 Å². The molecule has 2 rings (SSSR count). The Bertz CT molecular complexity index is 435. The largest absolute Gasteiger partial charge is 0.356 e. The number of hydrogen-bond donors (Lipinski definition) is 2. The predicted molar refractivity (Wildman–Crippen MR) is 109 cm³/mol. The summed E-state index contributed by atoms with van der Waals surface area (Å²) in [7, 11) is 1.18. The number of hydrogen-bond acceptors (Lipinski definition) is 3. The van der Waals surface area contributed by atoms with E-state index in [4.69, 9.17) is 0 Å². The van der Waals surface area contributed by atoms with Crippen LogP contribution in [0.25, 0.3) is 0 Å². The summed E-state index contributed by atoms with van der Waals surface area (Å²) in [5, 5.41) is 7.47. The van der Waals surface area contributed by atoms with E-state index in [-0.39, 0.29) is 0 Å². The highest BCUT2D eigenvalue weighted by Crippen LogP contribution is 2.23. The van der Waals surface area contributed by atoms with Crippen LogP contribution in [0.3, 0.4) is 0 Å². The third-order valence-corrected chi connectivity index (χ3v) is 7.39. The van der Waals surface area contributed by atoms with Crippen LogP contribution in [0.2, 0.25) is 0 Å². The Kier molecular flexibility index (Phi) is 9.24. The van der Waals surface area contributed by atoms with Crippen molar-refractivity contribution >= 4 is 16.8 Å². The first kappa shape index (κ1) is 20.7. The number of guanidine groups is 1. The second-order valence-corrected chi connectivity index (χ2v) is 9.54. The van der Waals surface area contributed by atoms with Gasteiger partial charge in [0.25, 0.3) is 0 Å². The van der Waals surface area contributed by atoms with E-state index in [9.17, 15) is 4.21 Å². The standard InChI is InChI=1S/C19H38N4OS/c1-4-11-23-12-9-16(10-13-23)15-21-19(20-3)22-17-7-6-8-18(14-17)25(24)5-2/h16-18H,4-15H2,1-3H3,(H2,20,21,22). The van der Waals surface area contributed by atoms with Crippen LogP contribution in [0.1, 0.15) is 58.8 Å². The van der Waals surface area contributed by atoms with Crippen molar-refractivity contribution in [2.75, 3.05) is 39.0 Å². The molecule has 1 heterocycles. The van der Waals surface area contributed by atoms with Crippen LogP contribution in [0.4, 0.5) is 0 Å². The molecule has 0 aromatic rings. The summed E-state index contributed by atoms with van der Waals surface area (Å²) in [6.45, 7) is 9.01. The van der Waals surface area contributed by atoms with E-state index in [0.717, 1.165) is 43.4 Å². The molecule has 1 saturated heterocycles. The molecule has 5 nitrogen and oxygen atoms in total. The van der Waals surface area contributed by atoms with Gasteiger partial charge in [0, 0.05) is 41.4 Å². The van der Waals surface area contributed by atoms with Gasteiger partial charge in [-0.05, 0) is 64.1 Å². The second kappa shape index (κ2) is 11.2. The summed E-state index contributed by atoms with van der Waals surface area (Å²) in [4.78, 5) is 6.99. The Morgan fingerprint density at radius 1 is 1.20 bits per heavy atom. The molecule has 1 saturated carbocycles. The summed E-state index contributed by atoms with van der Waals surface area (Å²) >= 11 is 0. The molecule has 146 valence electrons. The van der Waals surface area contributed by atoms with E-state index in [0.29, 0.717) is 11.3 Å². The molecule has 0 amide bonds. The van der Waals surface area contributed by atoms with E-state index >= 15 is 0 Å². The molecule has 25 heavy (non-hydrogen) atoms. The van der Waals surface area contributed by atoms with Crippen molar-refractivity contribution in [1.29, 1.82) is 0 Å². The molecule has 3 unspecified atom stereocenters. The number of nitrogens with one attached hydrogen (secondary N) is 2. The van der Waals surface area contributed by atoms with Gasteiger partial charge in [0.2, 0.25) is 0 Å². The normalized spacial score (nSPS) is 27.9. The van der Waals surface area contributed by atoms with Crippen LogP contribution in [-0.4, -0.2) is 65.3 Å². The molecule has 1 aliphatic carbocycles. The van der Waals surface area contributed by atoms with Crippen LogP contribution < -0.4 is 10.6 Å². The fourth-order valence-electron chi connectivity index (χ4n) is 4.11. The van der Waals surface area contributed by atoms with Crippen molar-refractivity contribution in [3.63, 3.8) is 0 Å². The van der Waals surface area contributed by atoms with E-state index in [1.165, 1.54) is 45.3 Å². The Balaban J connectivity index is 1.71. The highest BCUT2D eigenvalue weighted by Gasteiger charge is 2.26. The number of likely N-dealkylation sites (tertiary alicyclic amines) is 1. The molecule has 0 aromatic carbocycles. The summed E-state index contributed by atoms with van der Waals surface area (Å²) < 4.78 is 12.1. The summed E-state index contributed by atoms with van der Waals surface area (Å²) in [5.74, 6) is 2.45. The Morgan fingerprint density at radius 3 is 2.60 bits per heavy atom. The Hall–Kier alpha value is -0.620. The van der Waals surface area contributed by atoms with Crippen LogP contribution in [0.15, 0.2) is 4.99 Å². The zero-order valence-electron chi connectivity index (χ0n) is 16.4. The van der Waals surface area contributed by atoms with Crippen molar-refractivity contribution in [1.82, 2.24) is 15.5 Å². The first-order valence-corrected chi connectivity index (χ1v) is 11.6. The van der Waals surface area contributed by atoms with Gasteiger partial charge in [0.1, 0.15) is 0 Å². The molecule has 0 bridgehead atoms. The van der Waals surface area contributed by atoms with Crippen molar-refractivity contribution in [3.8, 4) is 0 Å². The second-order valence-electron chi connectivity index (χ2n) is 7.54. The van der Waals surface area contributed by atoms with Crippen LogP contribution >= 0.6 is 0 Å². The van der Waals surface area contributed by atoms with Gasteiger partial charge in [-0.15, -0.1) is 0 Å². The minimum absolute atomic E-state index is 0.359. The first-order chi connectivity index (χ1) is 12.2. The Morgan fingerprint density at radius 2 is 1.96 bits per heavy atom. The van der Waals surface area contributed by atoms with Gasteiger partial charge in [0.15, 0.2) is 5.96 Å². The number of rotatable bonds is 7. The maximum Gasteiger partial charge on any atom is 0.191 e. The van der Waals surface area contributed by atoms with Gasteiger partial charge < -0.3 is 15.5 Å². The van der Waals surface area contributed by atoms with Crippen LogP contribution in [0.5, 0.6) is 0 Å². The summed E-state index contributed by atoms with van der Waals surface area (Å²) in [6.07, 6.45) is 8.27. The predicted octanol–water partition coefficient (Wildman–Crippen LogP) is 2.35. The zero-order valence-corrected chi connectivity index (χ0v) is 17.2. The Labute approximate surface area is 156 Å². The van der Waals surface area contributed by atoms with Gasteiger partial charge in [-0.3, -0.25) is 9.20 Å². The van der Waals surface area contributed by atoms with Gasteiger partial charge in [-0.1, -0.05) is 20.3 Å². The fraction of sp³-hybridized carbons (Fsp3) is 0.947. The van der Waals surface area contributed by atoms with Crippen LogP contribution in [0, 0.1) is 5.92 Å². The van der Waals surface area contributed by atoms with Gasteiger partial charge in [-0.2, -0.15) is 0 Å². The molecule has 2 aliphatic rings. The highest BCUT2D eigenvalue weighted by molar-refractivity contribution is 7.85. The van der Waals surface area contributed by atoms with Crippen molar-refractivity contribution in [2.24, 2.45) is 10.9 Å². The van der Waals surface area contributed by atoms with Crippen molar-refractivity contribution < 1.29 is 4.21 Å². The lowest BCUT2D eigenvalue weighted by atomic mass is 9.95. The van der Waals surface area contributed by atoms with E-state index in [2.05, 4.69) is 27.4 Å². The minimum atomic E-state index is -0.669. The van der Waals surface area contributed by atoms with E-state index in [1.54, 1.807) is 0 Å². The third-order valence-electron chi connectivity index (χ3n) is 5.65. The lowest BCUT2D eigenvalue weighted by Gasteiger charge is -2.33. The maximum absolute atomic E-state index is 12.1. The van der Waals surface area contributed by atoms with Crippen LogP contribution in [-0.2, 0) is 10.8 Å². The highest BCUT2D eigenvalue weighted by atomic mass is 32.2. The molecule has 0 aromatic heterocycles. The molecule has 3 atom stereocenters. The topological polar surface area (TPSA) is 56.7 Å². The monoisotopic (exact) mass is 370 g/mol. The molecule has 0 radical (unpaired) electrons. The number of aliphatic imine (C=N–C) groups is 1. The molecule has 6 heteroatoms. The average Bonchev–Trinajstić information content (AvgIpc) is 2.66. The third kappa shape index (κ3) is 6.89. The molecule has 1 aliphatic heterocycles. The smallest absolute Gasteiger partial charge is 0.191 e. The van der Waals surface area contributed by atoms with Crippen molar-refractivity contribution in [2.45, 2.75) is 70.1 Å². The molecular weight excluding hydrogens is 332 g/mol. The molecule has 2 fully saturated rings. The first-order valence-electron chi connectivity index (χ1n) is 10.2. The van der Waals surface area contributed by atoms with E-state index < -0.39 is 10.8 Å². The lowest BCUT2D eigenvalue weighted by Crippen LogP contribution is -2.48. The summed E-state index contributed by atoms with van der Waals surface area (Å²) in [6, 6.07) is 0.409. The average molecular weight is 371 g/mol. The maximum atomic E-state index is 12.1. The van der Waals surface area contributed by atoms with Gasteiger partial charge in [-0.25, -0.2) is 0 Å². The summed E-state index contributed by atoms with van der Waals surface area (Å²) in [5.41, 5.74) is 0. The lowest BCUT2D eigenvalue weighted by molar-refractivity contribution is 0.185. The fourth-order valence-corrected chi connectivity index (χ4v) is 5.46. The van der Waals surface area contributed by atoms with Gasteiger partial charge in [0.05, 0.1) is 0 Å². The molecule has 2 N–H and O–H groups in total. The quantitative estimate of drug-likeness (QED) is 0.533. The number of piperidine rings is 1. The molecular formula is C19H38N4OS. The van der Waals surface area contributed by atoms with E-state index in [1.807, 2.05) is 14.0 Å². The molecule has 0 spiro atoms. The minimum Gasteiger partial charge on any atom is -0.356 e. The van der Waals surface area contributed by atoms with Crippen molar-refractivity contribution in [3.05, 3.63) is 0 Å². The SMILES string of the molecule is CCCN1CCC(CNC(=NC)NC2CCCC(S(=O)CC)C2)CC1.